The van der Waals surface area contributed by atoms with Crippen molar-refractivity contribution < 1.29 is 0 Å². The van der Waals surface area contributed by atoms with E-state index in [-0.39, 0.29) is 0 Å². The van der Waals surface area contributed by atoms with Gasteiger partial charge in [0.15, 0.2) is 0 Å². The van der Waals surface area contributed by atoms with Gasteiger partial charge in [-0.05, 0) is 49.9 Å². The molecule has 17 heavy (non-hydrogen) atoms. The molecule has 0 aromatic carbocycles. The standard InChI is InChI=1S/C12H21BrN4/c1-4-17(7-5-6-16(2)3)12-10(13)8-15-9-11(12)14/h8-9H,4-7,14H2,1-3H3. The van der Waals surface area contributed by atoms with Crippen LogP contribution in [0.15, 0.2) is 16.9 Å². The summed E-state index contributed by atoms with van der Waals surface area (Å²) in [5, 5.41) is 0. The molecule has 0 unspecified atom stereocenters. The Labute approximate surface area is 112 Å². The maximum Gasteiger partial charge on any atom is 0.0775 e. The lowest BCUT2D eigenvalue weighted by Gasteiger charge is -2.26. The van der Waals surface area contributed by atoms with E-state index in [1.165, 1.54) is 0 Å². The van der Waals surface area contributed by atoms with Gasteiger partial charge in [0.05, 0.1) is 22.0 Å². The highest BCUT2D eigenvalue weighted by atomic mass is 79.9. The van der Waals surface area contributed by atoms with E-state index in [0.29, 0.717) is 0 Å². The van der Waals surface area contributed by atoms with Gasteiger partial charge in [0.2, 0.25) is 0 Å². The molecule has 0 fully saturated rings. The van der Waals surface area contributed by atoms with Gasteiger partial charge in [0.1, 0.15) is 0 Å². The first-order valence-electron chi connectivity index (χ1n) is 5.85. The number of halogens is 1. The molecule has 0 amide bonds. The summed E-state index contributed by atoms with van der Waals surface area (Å²) < 4.78 is 0.962. The van der Waals surface area contributed by atoms with Gasteiger partial charge >= 0.3 is 0 Å². The van der Waals surface area contributed by atoms with Crippen molar-refractivity contribution in [3.63, 3.8) is 0 Å². The lowest BCUT2D eigenvalue weighted by Crippen LogP contribution is -2.28. The smallest absolute Gasteiger partial charge is 0.0775 e. The molecule has 96 valence electrons. The second-order valence-corrected chi connectivity index (χ2v) is 5.15. The van der Waals surface area contributed by atoms with Gasteiger partial charge < -0.3 is 15.5 Å². The van der Waals surface area contributed by atoms with Crippen LogP contribution in [0.4, 0.5) is 11.4 Å². The third-order valence-electron chi connectivity index (χ3n) is 2.63. The van der Waals surface area contributed by atoms with Crippen LogP contribution in [0.25, 0.3) is 0 Å². The Morgan fingerprint density at radius 2 is 2.00 bits per heavy atom. The maximum absolute atomic E-state index is 5.98. The van der Waals surface area contributed by atoms with Crippen molar-refractivity contribution in [1.82, 2.24) is 9.88 Å². The molecule has 0 bridgehead atoms. The molecule has 0 saturated carbocycles. The number of pyridine rings is 1. The van der Waals surface area contributed by atoms with Crippen LogP contribution >= 0.6 is 15.9 Å². The summed E-state index contributed by atoms with van der Waals surface area (Å²) in [5.41, 5.74) is 7.77. The molecule has 1 aromatic heterocycles. The Morgan fingerprint density at radius 1 is 1.29 bits per heavy atom. The number of nitrogen functional groups attached to an aromatic ring is 1. The summed E-state index contributed by atoms with van der Waals surface area (Å²) in [4.78, 5) is 8.54. The number of rotatable bonds is 6. The molecule has 0 saturated heterocycles. The number of nitrogens with zero attached hydrogens (tertiary/aromatic N) is 3. The van der Waals surface area contributed by atoms with Gasteiger partial charge in [0, 0.05) is 19.3 Å². The van der Waals surface area contributed by atoms with Crippen molar-refractivity contribution in [3.05, 3.63) is 16.9 Å². The van der Waals surface area contributed by atoms with Gasteiger partial charge in [-0.2, -0.15) is 0 Å². The Kier molecular flexibility index (Phi) is 5.71. The van der Waals surface area contributed by atoms with Crippen molar-refractivity contribution in [2.45, 2.75) is 13.3 Å². The fourth-order valence-electron chi connectivity index (χ4n) is 1.78. The lowest BCUT2D eigenvalue weighted by molar-refractivity contribution is 0.400. The Hall–Kier alpha value is -0.810. The normalized spacial score (nSPS) is 10.9. The molecule has 2 N–H and O–H groups in total. The average molecular weight is 301 g/mol. The maximum atomic E-state index is 5.98. The Balaban J connectivity index is 2.72. The van der Waals surface area contributed by atoms with Crippen molar-refractivity contribution in [3.8, 4) is 0 Å². The first-order chi connectivity index (χ1) is 8.06. The van der Waals surface area contributed by atoms with Crippen LogP contribution in [0.3, 0.4) is 0 Å². The zero-order valence-corrected chi connectivity index (χ0v) is 12.4. The second-order valence-electron chi connectivity index (χ2n) is 4.30. The first kappa shape index (κ1) is 14.3. The van der Waals surface area contributed by atoms with Gasteiger partial charge in [-0.25, -0.2) is 0 Å². The molecular formula is C12H21BrN4. The molecule has 1 aromatic rings. The number of anilines is 2. The first-order valence-corrected chi connectivity index (χ1v) is 6.64. The summed E-state index contributed by atoms with van der Waals surface area (Å²) in [6.07, 6.45) is 4.62. The molecule has 1 rings (SSSR count). The lowest BCUT2D eigenvalue weighted by atomic mass is 10.2. The molecule has 5 heteroatoms. The van der Waals surface area contributed by atoms with Gasteiger partial charge in [0.25, 0.3) is 0 Å². The molecule has 0 aliphatic heterocycles. The average Bonchev–Trinajstić information content (AvgIpc) is 2.26. The second kappa shape index (κ2) is 6.81. The molecular weight excluding hydrogens is 280 g/mol. The van der Waals surface area contributed by atoms with E-state index >= 15 is 0 Å². The zero-order valence-electron chi connectivity index (χ0n) is 10.8. The van der Waals surface area contributed by atoms with Crippen LogP contribution in [0, 0.1) is 0 Å². The van der Waals surface area contributed by atoms with Crippen LogP contribution in [-0.4, -0.2) is 43.6 Å². The molecule has 0 atom stereocenters. The number of nitrogens with two attached hydrogens (primary N) is 1. The van der Waals surface area contributed by atoms with E-state index < -0.39 is 0 Å². The van der Waals surface area contributed by atoms with E-state index in [2.05, 4.69) is 51.7 Å². The summed E-state index contributed by atoms with van der Waals surface area (Å²) in [6.45, 7) is 5.17. The highest BCUT2D eigenvalue weighted by Crippen LogP contribution is 2.31. The fourth-order valence-corrected chi connectivity index (χ4v) is 2.38. The predicted molar refractivity (Wildman–Crippen MR) is 77.4 cm³/mol. The highest BCUT2D eigenvalue weighted by molar-refractivity contribution is 9.10. The van der Waals surface area contributed by atoms with Crippen LogP contribution in [-0.2, 0) is 0 Å². The number of hydrogen-bond acceptors (Lipinski definition) is 4. The largest absolute Gasteiger partial charge is 0.396 e. The van der Waals surface area contributed by atoms with Crippen molar-refractivity contribution in [2.24, 2.45) is 0 Å². The summed E-state index contributed by atoms with van der Waals surface area (Å²) in [6, 6.07) is 0. The van der Waals surface area contributed by atoms with E-state index in [1.807, 2.05) is 0 Å². The Bertz CT molecular complexity index is 334. The number of hydrogen-bond donors (Lipinski definition) is 1. The monoisotopic (exact) mass is 300 g/mol. The minimum Gasteiger partial charge on any atom is -0.396 e. The molecule has 0 radical (unpaired) electrons. The van der Waals surface area contributed by atoms with E-state index in [0.717, 1.165) is 41.9 Å². The predicted octanol–water partition coefficient (Wildman–Crippen LogP) is 2.20. The number of aromatic nitrogens is 1. The highest BCUT2D eigenvalue weighted by Gasteiger charge is 2.12. The van der Waals surface area contributed by atoms with E-state index in [4.69, 9.17) is 5.73 Å². The molecule has 0 aliphatic carbocycles. The molecule has 0 aliphatic rings. The summed E-state index contributed by atoms with van der Waals surface area (Å²) in [7, 11) is 4.18. The van der Waals surface area contributed by atoms with Crippen LogP contribution < -0.4 is 10.6 Å². The van der Waals surface area contributed by atoms with Gasteiger partial charge in [-0.3, -0.25) is 4.98 Å². The molecule has 0 spiro atoms. The molecule has 4 nitrogen and oxygen atoms in total. The van der Waals surface area contributed by atoms with E-state index in [9.17, 15) is 0 Å². The Morgan fingerprint density at radius 3 is 2.53 bits per heavy atom. The van der Waals surface area contributed by atoms with Crippen LogP contribution in [0.2, 0.25) is 0 Å². The van der Waals surface area contributed by atoms with Crippen LogP contribution in [0.1, 0.15) is 13.3 Å². The third kappa shape index (κ3) is 4.16. The van der Waals surface area contributed by atoms with Crippen molar-refractivity contribution in [2.75, 3.05) is 44.4 Å². The third-order valence-corrected chi connectivity index (χ3v) is 3.21. The van der Waals surface area contributed by atoms with Gasteiger partial charge in [-0.15, -0.1) is 0 Å². The van der Waals surface area contributed by atoms with Crippen molar-refractivity contribution >= 4 is 27.3 Å². The zero-order chi connectivity index (χ0) is 12.8. The van der Waals surface area contributed by atoms with Gasteiger partial charge in [-0.1, -0.05) is 0 Å². The molecule has 1 heterocycles. The quantitative estimate of drug-likeness (QED) is 0.875. The minimum absolute atomic E-state index is 0.728. The fraction of sp³-hybridized carbons (Fsp3) is 0.583. The van der Waals surface area contributed by atoms with Crippen LogP contribution in [0.5, 0.6) is 0 Å². The minimum atomic E-state index is 0.728. The van der Waals surface area contributed by atoms with E-state index in [1.54, 1.807) is 12.4 Å². The SMILES string of the molecule is CCN(CCCN(C)C)c1c(N)cncc1Br. The topological polar surface area (TPSA) is 45.4 Å². The summed E-state index contributed by atoms with van der Waals surface area (Å²) in [5.74, 6) is 0. The summed E-state index contributed by atoms with van der Waals surface area (Å²) >= 11 is 3.51. The van der Waals surface area contributed by atoms with Crippen molar-refractivity contribution in [1.29, 1.82) is 0 Å².